The maximum atomic E-state index is 13.2. The summed E-state index contributed by atoms with van der Waals surface area (Å²) in [6.07, 6.45) is 1.78. The second-order valence-corrected chi connectivity index (χ2v) is 9.32. The number of hydrogen-bond donors (Lipinski definition) is 1. The van der Waals surface area contributed by atoms with Crippen LogP contribution in [-0.4, -0.2) is 76.3 Å². The lowest BCUT2D eigenvalue weighted by Gasteiger charge is -2.34. The molecule has 2 aliphatic heterocycles. The van der Waals surface area contributed by atoms with Gasteiger partial charge in [0, 0.05) is 50.1 Å². The first-order valence-corrected chi connectivity index (χ1v) is 12.0. The van der Waals surface area contributed by atoms with Crippen LogP contribution in [0.5, 0.6) is 5.75 Å². The lowest BCUT2D eigenvalue weighted by Crippen LogP contribution is -2.35. The predicted molar refractivity (Wildman–Crippen MR) is 129 cm³/mol. The van der Waals surface area contributed by atoms with Crippen molar-refractivity contribution in [3.63, 3.8) is 0 Å². The largest absolute Gasteiger partial charge is 0.485 e. The number of piperidine rings is 1. The molecular formula is C24H29F3N8O. The van der Waals surface area contributed by atoms with E-state index in [-0.39, 0.29) is 5.92 Å². The van der Waals surface area contributed by atoms with Gasteiger partial charge < -0.3 is 24.4 Å². The Morgan fingerprint density at radius 2 is 1.97 bits per heavy atom. The Hall–Kier alpha value is -3.41. The number of hydrogen-bond acceptors (Lipinski definition) is 8. The van der Waals surface area contributed by atoms with E-state index in [0.29, 0.717) is 42.5 Å². The molecule has 12 heteroatoms. The SMILES string of the molecule is CN(C)CCn1cc(-c2ccnc(C(F)(F)F)c2)nc1C1CCN(c2ncnc3c2OCCN3)CC1. The molecule has 0 aliphatic carbocycles. The Balaban J connectivity index is 1.38. The van der Waals surface area contributed by atoms with E-state index in [2.05, 4.69) is 34.6 Å². The van der Waals surface area contributed by atoms with Crippen molar-refractivity contribution >= 4 is 11.6 Å². The van der Waals surface area contributed by atoms with Gasteiger partial charge in [-0.05, 0) is 39.1 Å². The minimum absolute atomic E-state index is 0.179. The van der Waals surface area contributed by atoms with Crippen LogP contribution in [0.2, 0.25) is 0 Å². The first-order valence-electron chi connectivity index (χ1n) is 12.0. The maximum absolute atomic E-state index is 13.2. The number of alkyl halides is 3. The first kappa shape index (κ1) is 24.3. The monoisotopic (exact) mass is 502 g/mol. The normalized spacial score (nSPS) is 16.6. The Kier molecular flexibility index (Phi) is 6.69. The number of likely N-dealkylation sites (N-methyl/N-ethyl adjacent to an activating group) is 1. The average molecular weight is 503 g/mol. The van der Waals surface area contributed by atoms with Gasteiger partial charge in [-0.25, -0.2) is 15.0 Å². The molecule has 2 aliphatic rings. The van der Waals surface area contributed by atoms with Crippen LogP contribution in [0, 0.1) is 0 Å². The molecule has 0 aromatic carbocycles. The van der Waals surface area contributed by atoms with Gasteiger partial charge in [0.15, 0.2) is 11.6 Å². The minimum atomic E-state index is -4.50. The molecule has 0 unspecified atom stereocenters. The number of aromatic nitrogens is 5. The fourth-order valence-corrected chi connectivity index (χ4v) is 4.65. The highest BCUT2D eigenvalue weighted by atomic mass is 19.4. The summed E-state index contributed by atoms with van der Waals surface area (Å²) in [5.41, 5.74) is 0.0305. The predicted octanol–water partition coefficient (Wildman–Crippen LogP) is 3.50. The Bertz CT molecular complexity index is 1200. The van der Waals surface area contributed by atoms with E-state index in [4.69, 9.17) is 9.72 Å². The summed E-state index contributed by atoms with van der Waals surface area (Å²) in [6.45, 7) is 4.31. The zero-order valence-electron chi connectivity index (χ0n) is 20.3. The van der Waals surface area contributed by atoms with Crippen LogP contribution in [0.3, 0.4) is 0 Å². The lowest BCUT2D eigenvalue weighted by atomic mass is 9.95. The molecule has 3 aromatic heterocycles. The van der Waals surface area contributed by atoms with Crippen LogP contribution >= 0.6 is 0 Å². The van der Waals surface area contributed by atoms with E-state index in [9.17, 15) is 13.2 Å². The topological polar surface area (TPSA) is 84.2 Å². The molecule has 3 aromatic rings. The van der Waals surface area contributed by atoms with Crippen LogP contribution in [0.15, 0.2) is 30.9 Å². The number of imidazole rings is 1. The van der Waals surface area contributed by atoms with E-state index in [1.165, 1.54) is 6.20 Å². The van der Waals surface area contributed by atoms with Crippen LogP contribution in [-0.2, 0) is 12.7 Å². The highest BCUT2D eigenvalue weighted by Gasteiger charge is 2.33. The standard InChI is InChI=1S/C24H29F3N8O/c1-33(2)10-11-35-14-18(17-3-6-28-19(13-17)24(25,26)27)32-22(35)16-4-8-34(9-5-16)23-20-21(30-15-31-23)29-7-12-36-20/h3,6,13-16H,4-5,7-12H2,1-2H3,(H,29,30,31). The molecular weight excluding hydrogens is 473 g/mol. The molecule has 36 heavy (non-hydrogen) atoms. The molecule has 0 saturated carbocycles. The third-order valence-corrected chi connectivity index (χ3v) is 6.53. The van der Waals surface area contributed by atoms with Gasteiger partial charge in [-0.15, -0.1) is 0 Å². The molecule has 0 bridgehead atoms. The molecule has 5 heterocycles. The van der Waals surface area contributed by atoms with E-state index in [0.717, 1.165) is 50.2 Å². The molecule has 0 radical (unpaired) electrons. The summed E-state index contributed by atoms with van der Waals surface area (Å²) in [4.78, 5) is 21.4. The third-order valence-electron chi connectivity index (χ3n) is 6.53. The number of anilines is 2. The van der Waals surface area contributed by atoms with Gasteiger partial charge in [-0.1, -0.05) is 0 Å². The van der Waals surface area contributed by atoms with Gasteiger partial charge in [0.05, 0.1) is 12.2 Å². The molecule has 1 N–H and O–H groups in total. The van der Waals surface area contributed by atoms with E-state index in [1.54, 1.807) is 12.4 Å². The number of ether oxygens (including phenoxy) is 1. The quantitative estimate of drug-likeness (QED) is 0.549. The van der Waals surface area contributed by atoms with Gasteiger partial charge in [-0.3, -0.25) is 4.98 Å². The summed E-state index contributed by atoms with van der Waals surface area (Å²) in [6, 6.07) is 2.64. The molecule has 192 valence electrons. The molecule has 5 rings (SSSR count). The summed E-state index contributed by atoms with van der Waals surface area (Å²) < 4.78 is 47.6. The number of fused-ring (bicyclic) bond motifs is 1. The second-order valence-electron chi connectivity index (χ2n) is 9.32. The van der Waals surface area contributed by atoms with Crippen molar-refractivity contribution in [2.75, 3.05) is 57.1 Å². The van der Waals surface area contributed by atoms with Gasteiger partial charge >= 0.3 is 6.18 Å². The summed E-state index contributed by atoms with van der Waals surface area (Å²) in [5.74, 6) is 3.28. The summed E-state index contributed by atoms with van der Waals surface area (Å²) >= 11 is 0. The number of pyridine rings is 1. The van der Waals surface area contributed by atoms with Crippen molar-refractivity contribution < 1.29 is 17.9 Å². The van der Waals surface area contributed by atoms with Crippen LogP contribution < -0.4 is 15.0 Å². The van der Waals surface area contributed by atoms with Crippen molar-refractivity contribution in [3.05, 3.63) is 42.4 Å². The molecule has 0 amide bonds. The van der Waals surface area contributed by atoms with Crippen molar-refractivity contribution in [2.24, 2.45) is 0 Å². The van der Waals surface area contributed by atoms with Gasteiger partial charge in [-0.2, -0.15) is 13.2 Å². The van der Waals surface area contributed by atoms with Crippen molar-refractivity contribution in [3.8, 4) is 17.0 Å². The number of rotatable bonds is 6. The molecule has 0 atom stereocenters. The second kappa shape index (κ2) is 9.92. The van der Waals surface area contributed by atoms with Crippen molar-refractivity contribution in [2.45, 2.75) is 31.5 Å². The Morgan fingerprint density at radius 3 is 2.72 bits per heavy atom. The van der Waals surface area contributed by atoms with Crippen LogP contribution in [0.1, 0.15) is 30.3 Å². The zero-order valence-corrected chi connectivity index (χ0v) is 20.3. The van der Waals surface area contributed by atoms with E-state index >= 15 is 0 Å². The summed E-state index contributed by atoms with van der Waals surface area (Å²) in [5, 5.41) is 3.24. The fraction of sp³-hybridized carbons (Fsp3) is 0.500. The highest BCUT2D eigenvalue weighted by molar-refractivity contribution is 5.66. The number of halogens is 3. The Morgan fingerprint density at radius 1 is 1.17 bits per heavy atom. The zero-order chi connectivity index (χ0) is 25.3. The molecule has 0 spiro atoms. The van der Waals surface area contributed by atoms with Crippen molar-refractivity contribution in [1.29, 1.82) is 0 Å². The van der Waals surface area contributed by atoms with Crippen molar-refractivity contribution in [1.82, 2.24) is 29.4 Å². The van der Waals surface area contributed by atoms with Crippen LogP contribution in [0.25, 0.3) is 11.3 Å². The van der Waals surface area contributed by atoms with Gasteiger partial charge in [0.2, 0.25) is 5.75 Å². The van der Waals surface area contributed by atoms with Crippen LogP contribution in [0.4, 0.5) is 24.8 Å². The number of nitrogens with one attached hydrogen (secondary N) is 1. The third kappa shape index (κ3) is 5.08. The minimum Gasteiger partial charge on any atom is -0.485 e. The fourth-order valence-electron chi connectivity index (χ4n) is 4.65. The molecule has 9 nitrogen and oxygen atoms in total. The molecule has 1 saturated heterocycles. The lowest BCUT2D eigenvalue weighted by molar-refractivity contribution is -0.141. The first-order chi connectivity index (χ1) is 17.3. The smallest absolute Gasteiger partial charge is 0.433 e. The number of nitrogens with zero attached hydrogens (tertiary/aromatic N) is 7. The van der Waals surface area contributed by atoms with E-state index in [1.807, 2.05) is 20.3 Å². The molecule has 1 fully saturated rings. The Labute approximate surface area is 207 Å². The highest BCUT2D eigenvalue weighted by Crippen LogP contribution is 2.38. The maximum Gasteiger partial charge on any atom is 0.433 e. The van der Waals surface area contributed by atoms with E-state index < -0.39 is 11.9 Å². The van der Waals surface area contributed by atoms with Gasteiger partial charge in [0.1, 0.15) is 24.5 Å². The van der Waals surface area contributed by atoms with Gasteiger partial charge in [0.25, 0.3) is 0 Å². The summed E-state index contributed by atoms with van der Waals surface area (Å²) in [7, 11) is 3.99. The average Bonchev–Trinajstić information content (AvgIpc) is 3.31.